The lowest BCUT2D eigenvalue weighted by atomic mass is 9.95. The zero-order chi connectivity index (χ0) is 30.4. The van der Waals surface area contributed by atoms with Gasteiger partial charge in [-0.25, -0.2) is 4.68 Å². The molecule has 1 aliphatic rings. The van der Waals surface area contributed by atoms with E-state index < -0.39 is 54.4 Å². The third kappa shape index (κ3) is 8.27. The van der Waals surface area contributed by atoms with Crippen LogP contribution < -0.4 is 10.1 Å². The van der Waals surface area contributed by atoms with Gasteiger partial charge in [-0.2, -0.15) is 5.10 Å². The molecule has 1 aromatic carbocycles. The van der Waals surface area contributed by atoms with Crippen molar-refractivity contribution in [1.82, 2.24) is 19.7 Å². The average molecular weight is 613 g/mol. The minimum atomic E-state index is -1.25. The maximum Gasteiger partial charge on any atom is 0.303 e. The lowest BCUT2D eigenvalue weighted by Crippen LogP contribution is -2.64. The van der Waals surface area contributed by atoms with Gasteiger partial charge in [-0.15, -0.1) is 0 Å². The Morgan fingerprint density at radius 1 is 1.02 bits per heavy atom. The minimum absolute atomic E-state index is 0.0221. The summed E-state index contributed by atoms with van der Waals surface area (Å²) in [6, 6.07) is 5.54. The molecule has 13 nitrogen and oxygen atoms in total. The number of aromatic nitrogens is 3. The molecule has 41 heavy (non-hydrogen) atoms. The molecule has 1 aromatic heterocycles. The molecule has 1 aliphatic heterocycles. The van der Waals surface area contributed by atoms with Crippen LogP contribution in [0.15, 0.2) is 24.3 Å². The van der Waals surface area contributed by atoms with Crippen LogP contribution in [0.2, 0.25) is 5.02 Å². The first-order valence-electron chi connectivity index (χ1n) is 12.8. The van der Waals surface area contributed by atoms with Crippen molar-refractivity contribution in [3.05, 3.63) is 39.9 Å². The van der Waals surface area contributed by atoms with Crippen molar-refractivity contribution in [2.45, 2.75) is 84.8 Å². The highest BCUT2D eigenvalue weighted by Crippen LogP contribution is 2.33. The number of esters is 3. The quantitative estimate of drug-likeness (QED) is 0.240. The van der Waals surface area contributed by atoms with Gasteiger partial charge in [0, 0.05) is 38.8 Å². The van der Waals surface area contributed by atoms with E-state index in [9.17, 15) is 19.2 Å². The smallest absolute Gasteiger partial charge is 0.303 e. The molecule has 1 fully saturated rings. The van der Waals surface area contributed by atoms with E-state index in [1.165, 1.54) is 32.4 Å². The second-order valence-electron chi connectivity index (χ2n) is 9.59. The van der Waals surface area contributed by atoms with E-state index in [1.807, 2.05) is 13.8 Å². The fourth-order valence-electron chi connectivity index (χ4n) is 4.42. The molecule has 0 spiro atoms. The van der Waals surface area contributed by atoms with Gasteiger partial charge in [0.05, 0.1) is 0 Å². The highest BCUT2D eigenvalue weighted by molar-refractivity contribution is 7.71. The third-order valence-corrected chi connectivity index (χ3v) is 6.57. The van der Waals surface area contributed by atoms with E-state index in [-0.39, 0.29) is 24.0 Å². The predicted molar refractivity (Wildman–Crippen MR) is 146 cm³/mol. The first-order chi connectivity index (χ1) is 19.3. The molecule has 0 unspecified atom stereocenters. The Kier molecular flexibility index (Phi) is 10.9. The van der Waals surface area contributed by atoms with Crippen molar-refractivity contribution in [3.8, 4) is 5.75 Å². The molecule has 15 heteroatoms. The number of benzene rings is 1. The summed E-state index contributed by atoms with van der Waals surface area (Å²) in [5.41, 5.74) is 0. The van der Waals surface area contributed by atoms with Crippen LogP contribution in [0.5, 0.6) is 5.75 Å². The Bertz CT molecular complexity index is 1330. The summed E-state index contributed by atoms with van der Waals surface area (Å²) in [5, 5.41) is 7.95. The van der Waals surface area contributed by atoms with Crippen molar-refractivity contribution >= 4 is 47.6 Å². The Labute approximate surface area is 247 Å². The SMILES string of the molecule is CC(=O)N[C@@H]1[C@@H](OC(C)=O)[C@H](OC(C)=O)[C@@H](COC(C)=O)O[C@H]1n1nc(COc2ccc(Cl)cc2)n(C(C)C)c1=S. The van der Waals surface area contributed by atoms with Crippen LogP contribution in [0.25, 0.3) is 0 Å². The number of nitrogens with one attached hydrogen (secondary N) is 1. The number of hydrogen-bond acceptors (Lipinski definition) is 11. The second kappa shape index (κ2) is 13.9. The fraction of sp³-hybridized carbons (Fsp3) is 0.538. The summed E-state index contributed by atoms with van der Waals surface area (Å²) in [4.78, 5) is 48.1. The average Bonchev–Trinajstić information content (AvgIpc) is 3.20. The monoisotopic (exact) mass is 612 g/mol. The highest BCUT2D eigenvalue weighted by Gasteiger charge is 2.52. The summed E-state index contributed by atoms with van der Waals surface area (Å²) in [6.45, 7) is 8.30. The zero-order valence-electron chi connectivity index (χ0n) is 23.5. The lowest BCUT2D eigenvalue weighted by Gasteiger charge is -2.45. The first-order valence-corrected chi connectivity index (χ1v) is 13.6. The van der Waals surface area contributed by atoms with Gasteiger partial charge in [0.2, 0.25) is 10.7 Å². The van der Waals surface area contributed by atoms with Crippen LogP contribution in [0, 0.1) is 4.77 Å². The molecule has 5 atom stereocenters. The summed E-state index contributed by atoms with van der Waals surface area (Å²) >= 11 is 11.7. The van der Waals surface area contributed by atoms with Crippen molar-refractivity contribution in [3.63, 3.8) is 0 Å². The second-order valence-corrected chi connectivity index (χ2v) is 10.4. The highest BCUT2D eigenvalue weighted by atomic mass is 35.5. The van der Waals surface area contributed by atoms with Crippen LogP contribution >= 0.6 is 23.8 Å². The summed E-state index contributed by atoms with van der Waals surface area (Å²) in [7, 11) is 0. The van der Waals surface area contributed by atoms with Crippen LogP contribution in [0.1, 0.15) is 59.6 Å². The summed E-state index contributed by atoms with van der Waals surface area (Å²) in [6.07, 6.45) is -4.77. The zero-order valence-corrected chi connectivity index (χ0v) is 25.1. The number of carbonyl (C=O) groups is 4. The number of halogens is 1. The molecule has 0 aliphatic carbocycles. The van der Waals surface area contributed by atoms with Gasteiger partial charge in [-0.3, -0.25) is 23.7 Å². The molecule has 224 valence electrons. The summed E-state index contributed by atoms with van der Waals surface area (Å²) in [5.74, 6) is -1.51. The Hall–Kier alpha value is -3.49. The number of amides is 1. The maximum absolute atomic E-state index is 12.3. The Morgan fingerprint density at radius 2 is 1.63 bits per heavy atom. The Morgan fingerprint density at radius 3 is 2.17 bits per heavy atom. The molecule has 3 rings (SSSR count). The normalized spacial score (nSPS) is 22.1. The van der Waals surface area contributed by atoms with Gasteiger partial charge < -0.3 is 29.0 Å². The molecule has 0 saturated carbocycles. The molecule has 1 amide bonds. The van der Waals surface area contributed by atoms with Crippen molar-refractivity contribution in [2.24, 2.45) is 0 Å². The number of hydrogen-bond donors (Lipinski definition) is 1. The lowest BCUT2D eigenvalue weighted by molar-refractivity contribution is -0.239. The van der Waals surface area contributed by atoms with Gasteiger partial charge in [-0.1, -0.05) is 11.6 Å². The molecular formula is C26H33ClN4O9S. The molecule has 0 bridgehead atoms. The Balaban J connectivity index is 2.10. The first kappa shape index (κ1) is 32.0. The molecule has 1 saturated heterocycles. The van der Waals surface area contributed by atoms with Gasteiger partial charge in [-0.05, 0) is 50.3 Å². The predicted octanol–water partition coefficient (Wildman–Crippen LogP) is 3.06. The van der Waals surface area contributed by atoms with Crippen LogP contribution in [-0.2, 0) is 44.7 Å². The molecule has 1 N–H and O–H groups in total. The van der Waals surface area contributed by atoms with Crippen molar-refractivity contribution in [1.29, 1.82) is 0 Å². The van der Waals surface area contributed by atoms with Gasteiger partial charge in [0.1, 0.15) is 31.1 Å². The maximum atomic E-state index is 12.3. The summed E-state index contributed by atoms with van der Waals surface area (Å²) < 4.78 is 31.7. The fourth-order valence-corrected chi connectivity index (χ4v) is 5.00. The van der Waals surface area contributed by atoms with Crippen molar-refractivity contribution < 1.29 is 42.9 Å². The van der Waals surface area contributed by atoms with Crippen LogP contribution in [0.3, 0.4) is 0 Å². The van der Waals surface area contributed by atoms with Crippen LogP contribution in [0.4, 0.5) is 0 Å². The van der Waals surface area contributed by atoms with Crippen molar-refractivity contribution in [2.75, 3.05) is 6.61 Å². The van der Waals surface area contributed by atoms with E-state index in [0.717, 1.165) is 0 Å². The largest absolute Gasteiger partial charge is 0.486 e. The third-order valence-electron chi connectivity index (χ3n) is 5.93. The molecule has 2 heterocycles. The topological polar surface area (TPSA) is 149 Å². The number of nitrogens with zero attached hydrogens (tertiary/aromatic N) is 3. The van der Waals surface area contributed by atoms with Gasteiger partial charge in [0.25, 0.3) is 0 Å². The molecule has 2 aromatic rings. The van der Waals surface area contributed by atoms with E-state index in [1.54, 1.807) is 28.8 Å². The van der Waals surface area contributed by atoms with Gasteiger partial charge in [0.15, 0.2) is 24.3 Å². The van der Waals surface area contributed by atoms with E-state index in [0.29, 0.717) is 16.6 Å². The van der Waals surface area contributed by atoms with Gasteiger partial charge >= 0.3 is 17.9 Å². The van der Waals surface area contributed by atoms with Crippen LogP contribution in [-0.4, -0.2) is 69.1 Å². The standard InChI is InChI=1S/C26H33ClN4O9S/c1-13(2)30-21(12-37-19-9-7-18(27)8-10-19)29-31(26(30)41)25-22(28-14(3)32)24(39-17(6)35)23(38-16(5)34)20(40-25)11-36-15(4)33/h7-10,13,20,22-25H,11-12H2,1-6H3,(H,28,32)/t20-,22-,23-,24-,25-/m1/s1. The minimum Gasteiger partial charge on any atom is -0.486 e. The van der Waals surface area contributed by atoms with E-state index in [2.05, 4.69) is 10.4 Å². The number of carbonyl (C=O) groups excluding carboxylic acids is 4. The van der Waals surface area contributed by atoms with E-state index >= 15 is 0 Å². The van der Waals surface area contributed by atoms with E-state index in [4.69, 9.17) is 47.5 Å². The number of ether oxygens (including phenoxy) is 5. The molecule has 0 radical (unpaired) electrons. The molecular weight excluding hydrogens is 580 g/mol. The number of rotatable bonds is 10.